The van der Waals surface area contributed by atoms with Gasteiger partial charge in [0.1, 0.15) is 0 Å². The van der Waals surface area contributed by atoms with Crippen LogP contribution in [0.15, 0.2) is 0 Å². The van der Waals surface area contributed by atoms with E-state index in [4.69, 9.17) is 5.73 Å². The molecule has 0 heterocycles. The van der Waals surface area contributed by atoms with Gasteiger partial charge in [0.2, 0.25) is 0 Å². The molecule has 0 aromatic carbocycles. The lowest BCUT2D eigenvalue weighted by molar-refractivity contribution is 0.166. The molecule has 0 saturated heterocycles. The molecule has 0 radical (unpaired) electrons. The fourth-order valence-electron chi connectivity index (χ4n) is 3.87. The summed E-state index contributed by atoms with van der Waals surface area (Å²) in [4.78, 5) is 0. The Bertz CT molecular complexity index is 203. The van der Waals surface area contributed by atoms with Crippen molar-refractivity contribution in [2.24, 2.45) is 29.4 Å². The van der Waals surface area contributed by atoms with Crippen molar-refractivity contribution in [3.63, 3.8) is 0 Å². The molecule has 0 aromatic heterocycles. The van der Waals surface area contributed by atoms with Crippen LogP contribution in [0, 0.1) is 23.7 Å². The van der Waals surface area contributed by atoms with Crippen molar-refractivity contribution in [2.45, 2.75) is 71.3 Å². The number of nitrogens with two attached hydrogens (primary N) is 1. The minimum absolute atomic E-state index is 0.510. The highest BCUT2D eigenvalue weighted by molar-refractivity contribution is 4.86. The van der Waals surface area contributed by atoms with Crippen molar-refractivity contribution < 1.29 is 0 Å². The number of rotatable bonds is 3. The molecule has 0 aliphatic heterocycles. The number of hydrogen-bond donors (Lipinski definition) is 1. The third-order valence-electron chi connectivity index (χ3n) is 5.14. The number of hydrogen-bond acceptors (Lipinski definition) is 1. The lowest BCUT2D eigenvalue weighted by Gasteiger charge is -2.37. The zero-order chi connectivity index (χ0) is 11.5. The van der Waals surface area contributed by atoms with Crippen LogP contribution >= 0.6 is 0 Å². The van der Waals surface area contributed by atoms with Crippen LogP contribution in [-0.4, -0.2) is 6.04 Å². The van der Waals surface area contributed by atoms with E-state index in [1.807, 2.05) is 0 Å². The highest BCUT2D eigenvalue weighted by Gasteiger charge is 2.31. The molecule has 16 heavy (non-hydrogen) atoms. The van der Waals surface area contributed by atoms with Crippen LogP contribution in [0.5, 0.6) is 0 Å². The molecule has 2 fully saturated rings. The van der Waals surface area contributed by atoms with Gasteiger partial charge >= 0.3 is 0 Å². The lowest BCUT2D eigenvalue weighted by atomic mass is 9.71. The molecular formula is C15H29N. The second-order valence-corrected chi connectivity index (χ2v) is 6.63. The van der Waals surface area contributed by atoms with Gasteiger partial charge in [0, 0.05) is 6.04 Å². The molecule has 2 aliphatic carbocycles. The molecule has 2 aliphatic rings. The Balaban J connectivity index is 1.85. The summed E-state index contributed by atoms with van der Waals surface area (Å²) in [5.74, 6) is 3.66. The van der Waals surface area contributed by atoms with Crippen molar-refractivity contribution in [2.75, 3.05) is 0 Å². The van der Waals surface area contributed by atoms with Gasteiger partial charge < -0.3 is 5.73 Å². The molecule has 0 spiro atoms. The van der Waals surface area contributed by atoms with Crippen molar-refractivity contribution in [3.8, 4) is 0 Å². The quantitative estimate of drug-likeness (QED) is 0.770. The summed E-state index contributed by atoms with van der Waals surface area (Å²) in [6.45, 7) is 4.77. The first kappa shape index (κ1) is 12.4. The minimum Gasteiger partial charge on any atom is -0.327 e. The van der Waals surface area contributed by atoms with E-state index in [0.717, 1.165) is 23.7 Å². The summed E-state index contributed by atoms with van der Waals surface area (Å²) in [7, 11) is 0. The Morgan fingerprint density at radius 3 is 2.38 bits per heavy atom. The highest BCUT2D eigenvalue weighted by atomic mass is 14.7. The van der Waals surface area contributed by atoms with Gasteiger partial charge in [-0.3, -0.25) is 0 Å². The zero-order valence-electron chi connectivity index (χ0n) is 11.1. The fraction of sp³-hybridized carbons (Fsp3) is 1.00. The summed E-state index contributed by atoms with van der Waals surface area (Å²) in [5.41, 5.74) is 6.32. The molecule has 3 atom stereocenters. The van der Waals surface area contributed by atoms with Crippen LogP contribution in [0.2, 0.25) is 0 Å². The van der Waals surface area contributed by atoms with Gasteiger partial charge in [0.05, 0.1) is 0 Å². The fourth-order valence-corrected chi connectivity index (χ4v) is 3.87. The SMILES string of the molecule is CC(C)C1CCC(N)C(CC2CCCC2)C1. The molecule has 1 nitrogen and oxygen atoms in total. The first-order valence-electron chi connectivity index (χ1n) is 7.42. The van der Waals surface area contributed by atoms with E-state index in [2.05, 4.69) is 13.8 Å². The summed E-state index contributed by atoms with van der Waals surface area (Å²) in [5, 5.41) is 0. The molecule has 3 unspecified atom stereocenters. The predicted octanol–water partition coefficient (Wildman–Crippen LogP) is 3.97. The first-order chi connectivity index (χ1) is 7.66. The van der Waals surface area contributed by atoms with Crippen LogP contribution in [0.25, 0.3) is 0 Å². The Morgan fingerprint density at radius 2 is 1.75 bits per heavy atom. The molecule has 0 amide bonds. The van der Waals surface area contributed by atoms with Gasteiger partial charge in [-0.25, -0.2) is 0 Å². The first-order valence-corrected chi connectivity index (χ1v) is 7.42. The van der Waals surface area contributed by atoms with Crippen molar-refractivity contribution in [3.05, 3.63) is 0 Å². The maximum absolute atomic E-state index is 6.32. The standard InChI is InChI=1S/C15H29N/c1-11(2)13-7-8-15(16)14(10-13)9-12-5-3-4-6-12/h11-15H,3-10,16H2,1-2H3. The van der Waals surface area contributed by atoms with Crippen LogP contribution in [-0.2, 0) is 0 Å². The predicted molar refractivity (Wildman–Crippen MR) is 70.2 cm³/mol. The molecule has 2 rings (SSSR count). The molecule has 0 aromatic rings. The summed E-state index contributed by atoms with van der Waals surface area (Å²) >= 11 is 0. The van der Waals surface area contributed by atoms with Gasteiger partial charge in [0.25, 0.3) is 0 Å². The van der Waals surface area contributed by atoms with E-state index in [1.165, 1.54) is 51.4 Å². The Labute approximate surface area is 101 Å². The van der Waals surface area contributed by atoms with E-state index >= 15 is 0 Å². The monoisotopic (exact) mass is 223 g/mol. The third kappa shape index (κ3) is 3.00. The van der Waals surface area contributed by atoms with Gasteiger partial charge in [-0.05, 0) is 49.4 Å². The van der Waals surface area contributed by atoms with Gasteiger partial charge in [-0.1, -0.05) is 39.5 Å². The van der Waals surface area contributed by atoms with Gasteiger partial charge in [-0.2, -0.15) is 0 Å². The van der Waals surface area contributed by atoms with Crippen LogP contribution in [0.3, 0.4) is 0 Å². The Morgan fingerprint density at radius 1 is 1.06 bits per heavy atom. The Hall–Kier alpha value is -0.0400. The second-order valence-electron chi connectivity index (χ2n) is 6.63. The summed E-state index contributed by atoms with van der Waals surface area (Å²) in [6, 6.07) is 0.510. The smallest absolute Gasteiger partial charge is 0.00674 e. The average molecular weight is 223 g/mol. The minimum atomic E-state index is 0.510. The topological polar surface area (TPSA) is 26.0 Å². The molecule has 1 heteroatoms. The second kappa shape index (κ2) is 5.53. The highest BCUT2D eigenvalue weighted by Crippen LogP contribution is 2.39. The lowest BCUT2D eigenvalue weighted by Crippen LogP contribution is -2.38. The van der Waals surface area contributed by atoms with E-state index in [1.54, 1.807) is 0 Å². The summed E-state index contributed by atoms with van der Waals surface area (Å²) in [6.07, 6.45) is 11.4. The van der Waals surface area contributed by atoms with E-state index in [0.29, 0.717) is 6.04 Å². The van der Waals surface area contributed by atoms with Crippen LogP contribution in [0.1, 0.15) is 65.2 Å². The van der Waals surface area contributed by atoms with Crippen LogP contribution < -0.4 is 5.73 Å². The average Bonchev–Trinajstić information content (AvgIpc) is 2.73. The maximum Gasteiger partial charge on any atom is 0.00674 e. The normalized spacial score (nSPS) is 37.1. The Kier molecular flexibility index (Phi) is 4.29. The third-order valence-corrected chi connectivity index (χ3v) is 5.14. The van der Waals surface area contributed by atoms with Crippen molar-refractivity contribution in [1.29, 1.82) is 0 Å². The molecule has 2 N–H and O–H groups in total. The maximum atomic E-state index is 6.32. The van der Waals surface area contributed by atoms with E-state index in [9.17, 15) is 0 Å². The van der Waals surface area contributed by atoms with Crippen LogP contribution in [0.4, 0.5) is 0 Å². The zero-order valence-corrected chi connectivity index (χ0v) is 11.1. The van der Waals surface area contributed by atoms with Gasteiger partial charge in [0.15, 0.2) is 0 Å². The molecule has 94 valence electrons. The van der Waals surface area contributed by atoms with Crippen molar-refractivity contribution >= 4 is 0 Å². The van der Waals surface area contributed by atoms with E-state index in [-0.39, 0.29) is 0 Å². The van der Waals surface area contributed by atoms with Gasteiger partial charge in [-0.15, -0.1) is 0 Å². The largest absolute Gasteiger partial charge is 0.327 e. The molecular weight excluding hydrogens is 194 g/mol. The molecule has 2 saturated carbocycles. The summed E-state index contributed by atoms with van der Waals surface area (Å²) < 4.78 is 0. The molecule has 0 bridgehead atoms. The van der Waals surface area contributed by atoms with E-state index < -0.39 is 0 Å². The van der Waals surface area contributed by atoms with Crippen molar-refractivity contribution in [1.82, 2.24) is 0 Å².